The zero-order chi connectivity index (χ0) is 13.1. The fourth-order valence-electron chi connectivity index (χ4n) is 1.58. The molecule has 96 valence electrons. The van der Waals surface area contributed by atoms with Crippen molar-refractivity contribution in [1.82, 2.24) is 10.3 Å². The summed E-state index contributed by atoms with van der Waals surface area (Å²) in [7, 11) is 1.86. The highest BCUT2D eigenvalue weighted by atomic mass is 32.1. The van der Waals surface area contributed by atoms with Crippen LogP contribution in [0, 0.1) is 11.6 Å². The highest BCUT2D eigenvalue weighted by Crippen LogP contribution is 2.20. The molecule has 2 nitrogen and oxygen atoms in total. The normalized spacial score (nSPS) is 12.7. The fraction of sp³-hybridized carbons (Fsp3) is 0.308. The first-order valence-electron chi connectivity index (χ1n) is 5.65. The molecule has 1 aromatic heterocycles. The minimum Gasteiger partial charge on any atom is -0.312 e. The van der Waals surface area contributed by atoms with Crippen molar-refractivity contribution in [3.63, 3.8) is 0 Å². The number of rotatable bonds is 4. The maximum atomic E-state index is 13.5. The molecular weight excluding hydrogens is 254 g/mol. The van der Waals surface area contributed by atoms with E-state index in [9.17, 15) is 8.78 Å². The zero-order valence-electron chi connectivity index (χ0n) is 10.2. The molecule has 1 aromatic carbocycles. The molecule has 1 heterocycles. The lowest BCUT2D eigenvalue weighted by atomic mass is 10.1. The number of nitrogens with one attached hydrogen (secondary N) is 1. The lowest BCUT2D eigenvalue weighted by molar-refractivity contribution is 0.574. The van der Waals surface area contributed by atoms with E-state index in [1.165, 1.54) is 23.5 Å². The molecule has 0 spiro atoms. The Labute approximate surface area is 109 Å². The first-order chi connectivity index (χ1) is 8.60. The van der Waals surface area contributed by atoms with Crippen molar-refractivity contribution in [2.45, 2.75) is 19.4 Å². The van der Waals surface area contributed by atoms with Gasteiger partial charge in [-0.3, -0.25) is 0 Å². The summed E-state index contributed by atoms with van der Waals surface area (Å²) in [5.41, 5.74) is 1.41. The monoisotopic (exact) mass is 268 g/mol. The van der Waals surface area contributed by atoms with Crippen LogP contribution in [-0.2, 0) is 6.42 Å². The maximum Gasteiger partial charge on any atom is 0.129 e. The largest absolute Gasteiger partial charge is 0.312 e. The van der Waals surface area contributed by atoms with Gasteiger partial charge in [0.1, 0.15) is 11.6 Å². The molecule has 0 fully saturated rings. The Morgan fingerprint density at radius 1 is 1.39 bits per heavy atom. The van der Waals surface area contributed by atoms with Crippen LogP contribution in [0.1, 0.15) is 29.2 Å². The number of benzene rings is 1. The van der Waals surface area contributed by atoms with Gasteiger partial charge in [0.2, 0.25) is 0 Å². The van der Waals surface area contributed by atoms with Crippen LogP contribution in [0.3, 0.4) is 0 Å². The van der Waals surface area contributed by atoms with E-state index >= 15 is 0 Å². The van der Waals surface area contributed by atoms with Gasteiger partial charge >= 0.3 is 0 Å². The highest BCUT2D eigenvalue weighted by molar-refractivity contribution is 7.09. The van der Waals surface area contributed by atoms with Gasteiger partial charge in [-0.25, -0.2) is 13.8 Å². The lowest BCUT2D eigenvalue weighted by Crippen LogP contribution is -2.12. The van der Waals surface area contributed by atoms with Crippen LogP contribution < -0.4 is 5.32 Å². The summed E-state index contributed by atoms with van der Waals surface area (Å²) < 4.78 is 26.3. The van der Waals surface area contributed by atoms with Crippen LogP contribution in [0.4, 0.5) is 8.78 Å². The molecule has 1 atom stereocenters. The summed E-state index contributed by atoms with van der Waals surface area (Å²) in [5, 5.41) is 5.89. The van der Waals surface area contributed by atoms with E-state index in [-0.39, 0.29) is 6.04 Å². The Morgan fingerprint density at radius 3 is 2.83 bits per heavy atom. The van der Waals surface area contributed by atoms with Gasteiger partial charge in [-0.05, 0) is 25.6 Å². The van der Waals surface area contributed by atoms with Crippen molar-refractivity contribution in [1.29, 1.82) is 0 Å². The molecule has 2 rings (SSSR count). The molecule has 1 N–H and O–H groups in total. The Bertz CT molecular complexity index is 540. The van der Waals surface area contributed by atoms with Crippen LogP contribution in [0.25, 0.3) is 0 Å². The lowest BCUT2D eigenvalue weighted by Gasteiger charge is -2.05. The van der Waals surface area contributed by atoms with Crippen LogP contribution in [0.15, 0.2) is 23.6 Å². The van der Waals surface area contributed by atoms with Crippen LogP contribution >= 0.6 is 11.3 Å². The maximum absolute atomic E-state index is 13.5. The molecule has 5 heteroatoms. The second-order valence-electron chi connectivity index (χ2n) is 4.09. The number of aromatic nitrogens is 1. The quantitative estimate of drug-likeness (QED) is 0.920. The van der Waals surface area contributed by atoms with Gasteiger partial charge in [0.15, 0.2) is 0 Å². The summed E-state index contributed by atoms with van der Waals surface area (Å²) in [5.74, 6) is -1.08. The minimum atomic E-state index is -0.556. The summed E-state index contributed by atoms with van der Waals surface area (Å²) in [4.78, 5) is 4.44. The Hall–Kier alpha value is -1.33. The molecule has 1 unspecified atom stereocenters. The predicted molar refractivity (Wildman–Crippen MR) is 68.8 cm³/mol. The highest BCUT2D eigenvalue weighted by Gasteiger charge is 2.10. The summed E-state index contributed by atoms with van der Waals surface area (Å²) in [6.45, 7) is 2.01. The number of halogens is 2. The third kappa shape index (κ3) is 2.91. The van der Waals surface area contributed by atoms with Crippen LogP contribution in [-0.4, -0.2) is 12.0 Å². The van der Waals surface area contributed by atoms with Gasteiger partial charge in [0.05, 0.1) is 10.7 Å². The molecule has 0 saturated heterocycles. The van der Waals surface area contributed by atoms with Crippen molar-refractivity contribution in [2.75, 3.05) is 7.05 Å². The van der Waals surface area contributed by atoms with Gasteiger partial charge < -0.3 is 5.32 Å². The molecule has 0 aliphatic heterocycles. The average molecular weight is 268 g/mol. The van der Waals surface area contributed by atoms with Crippen molar-refractivity contribution in [3.05, 3.63) is 51.5 Å². The van der Waals surface area contributed by atoms with Crippen molar-refractivity contribution >= 4 is 11.3 Å². The topological polar surface area (TPSA) is 24.9 Å². The molecule has 18 heavy (non-hydrogen) atoms. The molecule has 2 aromatic rings. The summed E-state index contributed by atoms with van der Waals surface area (Å²) >= 11 is 1.49. The van der Waals surface area contributed by atoms with Gasteiger partial charge in [0, 0.05) is 23.9 Å². The molecule has 0 saturated carbocycles. The van der Waals surface area contributed by atoms with Crippen molar-refractivity contribution in [2.24, 2.45) is 0 Å². The smallest absolute Gasteiger partial charge is 0.129 e. The van der Waals surface area contributed by atoms with E-state index in [1.807, 2.05) is 19.4 Å². The Morgan fingerprint density at radius 2 is 2.17 bits per heavy atom. The molecule has 0 amide bonds. The Kier molecular flexibility index (Phi) is 4.04. The van der Waals surface area contributed by atoms with Crippen LogP contribution in [0.2, 0.25) is 0 Å². The number of hydrogen-bond donors (Lipinski definition) is 1. The van der Waals surface area contributed by atoms with Crippen molar-refractivity contribution in [3.8, 4) is 0 Å². The van der Waals surface area contributed by atoms with Gasteiger partial charge in [0.25, 0.3) is 0 Å². The van der Waals surface area contributed by atoms with E-state index in [2.05, 4.69) is 10.3 Å². The van der Waals surface area contributed by atoms with Gasteiger partial charge in [-0.2, -0.15) is 0 Å². The molecular formula is C13H14F2N2S. The molecule has 0 aliphatic rings. The standard InChI is InChI=1S/C13H14F2N2S/c1-8(16-2)12-7-18-13(17-12)5-9-3-4-10(14)6-11(9)15/h3-4,6-8,16H,5H2,1-2H3. The van der Waals surface area contributed by atoms with Crippen molar-refractivity contribution < 1.29 is 8.78 Å². The fourth-order valence-corrected chi connectivity index (χ4v) is 2.49. The third-order valence-corrected chi connectivity index (χ3v) is 3.67. The third-order valence-electron chi connectivity index (χ3n) is 2.80. The average Bonchev–Trinajstić information content (AvgIpc) is 2.80. The molecule has 0 aliphatic carbocycles. The second-order valence-corrected chi connectivity index (χ2v) is 5.03. The zero-order valence-corrected chi connectivity index (χ0v) is 11.0. The number of nitrogens with zero attached hydrogens (tertiary/aromatic N) is 1. The predicted octanol–water partition coefficient (Wildman–Crippen LogP) is 3.29. The van der Waals surface area contributed by atoms with E-state index in [0.717, 1.165) is 16.8 Å². The SMILES string of the molecule is CNC(C)c1csc(Cc2ccc(F)cc2F)n1. The first-order valence-corrected chi connectivity index (χ1v) is 6.53. The molecule has 0 bridgehead atoms. The second kappa shape index (κ2) is 5.54. The first kappa shape index (κ1) is 13.1. The van der Waals surface area contributed by atoms with Gasteiger partial charge in [-0.1, -0.05) is 6.07 Å². The Balaban J connectivity index is 2.16. The molecule has 0 radical (unpaired) electrons. The summed E-state index contributed by atoms with van der Waals surface area (Å²) in [6.07, 6.45) is 0.396. The van der Waals surface area contributed by atoms with Gasteiger partial charge in [-0.15, -0.1) is 11.3 Å². The van der Waals surface area contributed by atoms with E-state index in [1.54, 1.807) is 0 Å². The van der Waals surface area contributed by atoms with E-state index < -0.39 is 11.6 Å². The van der Waals surface area contributed by atoms with E-state index in [0.29, 0.717) is 12.0 Å². The minimum absolute atomic E-state index is 0.174. The number of thiazole rings is 1. The van der Waals surface area contributed by atoms with E-state index in [4.69, 9.17) is 0 Å². The summed E-state index contributed by atoms with van der Waals surface area (Å²) in [6, 6.07) is 3.81. The number of hydrogen-bond acceptors (Lipinski definition) is 3. The van der Waals surface area contributed by atoms with Crippen LogP contribution in [0.5, 0.6) is 0 Å².